The smallest absolute Gasteiger partial charge is 0.294 e. The van der Waals surface area contributed by atoms with Gasteiger partial charge in [-0.2, -0.15) is 5.10 Å². The molecule has 4 rings (SSSR count). The summed E-state index contributed by atoms with van der Waals surface area (Å²) in [5, 5.41) is 14.0. The fourth-order valence-electron chi connectivity index (χ4n) is 3.02. The number of para-hydroxylation sites is 2. The van der Waals surface area contributed by atoms with Crippen LogP contribution in [-0.4, -0.2) is 35.1 Å². The van der Waals surface area contributed by atoms with E-state index in [4.69, 9.17) is 0 Å². The number of carbonyl (C=O) groups is 2. The SMILES string of the molecule is O=C(NNC(=O)c1nn(-c2ccccc2)cc1O)c1ccc(S(=O)(=O)Nc2ccccc2F)cc1. The highest BCUT2D eigenvalue weighted by molar-refractivity contribution is 7.92. The zero-order chi connectivity index (χ0) is 25.0. The van der Waals surface area contributed by atoms with Gasteiger partial charge in [0.1, 0.15) is 5.82 Å². The van der Waals surface area contributed by atoms with Crippen LogP contribution in [-0.2, 0) is 10.0 Å². The van der Waals surface area contributed by atoms with Crippen molar-refractivity contribution < 1.29 is 27.5 Å². The van der Waals surface area contributed by atoms with Crippen LogP contribution in [0.3, 0.4) is 0 Å². The van der Waals surface area contributed by atoms with Crippen LogP contribution in [0.5, 0.6) is 5.75 Å². The van der Waals surface area contributed by atoms with Gasteiger partial charge in [0, 0.05) is 5.56 Å². The summed E-state index contributed by atoms with van der Waals surface area (Å²) in [6.45, 7) is 0. The highest BCUT2D eigenvalue weighted by atomic mass is 32.2. The highest BCUT2D eigenvalue weighted by Gasteiger charge is 2.19. The van der Waals surface area contributed by atoms with Crippen molar-refractivity contribution in [3.63, 3.8) is 0 Å². The molecule has 1 heterocycles. The normalized spacial score (nSPS) is 11.0. The Morgan fingerprint density at radius 1 is 0.857 bits per heavy atom. The maximum absolute atomic E-state index is 13.8. The molecule has 35 heavy (non-hydrogen) atoms. The first-order valence-electron chi connectivity index (χ1n) is 10.1. The molecule has 0 aliphatic rings. The van der Waals surface area contributed by atoms with Crippen molar-refractivity contribution in [1.29, 1.82) is 0 Å². The molecule has 0 aliphatic heterocycles. The minimum Gasteiger partial charge on any atom is -0.504 e. The fourth-order valence-corrected chi connectivity index (χ4v) is 4.08. The average Bonchev–Trinajstić information content (AvgIpc) is 3.26. The molecule has 0 fully saturated rings. The van der Waals surface area contributed by atoms with E-state index in [1.54, 1.807) is 30.3 Å². The molecule has 12 heteroatoms. The first kappa shape index (κ1) is 23.4. The number of nitrogens with one attached hydrogen (secondary N) is 3. The third-order valence-electron chi connectivity index (χ3n) is 4.77. The van der Waals surface area contributed by atoms with Gasteiger partial charge in [0.25, 0.3) is 21.8 Å². The van der Waals surface area contributed by atoms with E-state index in [9.17, 15) is 27.5 Å². The summed E-state index contributed by atoms with van der Waals surface area (Å²) in [5.74, 6) is -2.73. The van der Waals surface area contributed by atoms with Gasteiger partial charge in [-0.3, -0.25) is 25.2 Å². The number of hydrazine groups is 1. The monoisotopic (exact) mass is 495 g/mol. The predicted molar refractivity (Wildman–Crippen MR) is 124 cm³/mol. The van der Waals surface area contributed by atoms with E-state index in [2.05, 4.69) is 20.7 Å². The Morgan fingerprint density at radius 3 is 2.17 bits per heavy atom. The number of halogens is 1. The number of amides is 2. The molecule has 0 aliphatic carbocycles. The lowest BCUT2D eigenvalue weighted by atomic mass is 10.2. The zero-order valence-corrected chi connectivity index (χ0v) is 18.7. The van der Waals surface area contributed by atoms with E-state index in [0.29, 0.717) is 5.69 Å². The second-order valence-corrected chi connectivity index (χ2v) is 8.84. The summed E-state index contributed by atoms with van der Waals surface area (Å²) < 4.78 is 42.1. The van der Waals surface area contributed by atoms with E-state index in [0.717, 1.165) is 18.2 Å². The minimum atomic E-state index is -4.10. The molecule has 10 nitrogen and oxygen atoms in total. The van der Waals surface area contributed by atoms with E-state index < -0.39 is 33.4 Å². The van der Waals surface area contributed by atoms with E-state index >= 15 is 0 Å². The molecule has 0 saturated heterocycles. The van der Waals surface area contributed by atoms with Gasteiger partial charge in [0.15, 0.2) is 11.4 Å². The summed E-state index contributed by atoms with van der Waals surface area (Å²) >= 11 is 0. The molecule has 0 spiro atoms. The van der Waals surface area contributed by atoms with Crippen LogP contribution >= 0.6 is 0 Å². The van der Waals surface area contributed by atoms with Gasteiger partial charge in [-0.25, -0.2) is 17.5 Å². The number of anilines is 1. The van der Waals surface area contributed by atoms with Crippen molar-refractivity contribution in [2.45, 2.75) is 4.90 Å². The molecule has 0 radical (unpaired) electrons. The lowest BCUT2D eigenvalue weighted by molar-refractivity contribution is 0.0842. The molecule has 0 atom stereocenters. The third kappa shape index (κ3) is 5.28. The zero-order valence-electron chi connectivity index (χ0n) is 17.8. The van der Waals surface area contributed by atoms with Crippen LogP contribution < -0.4 is 15.6 Å². The molecule has 0 saturated carbocycles. The van der Waals surface area contributed by atoms with Crippen LogP contribution in [0.4, 0.5) is 10.1 Å². The Bertz CT molecular complexity index is 1490. The van der Waals surface area contributed by atoms with Gasteiger partial charge in [-0.15, -0.1) is 0 Å². The van der Waals surface area contributed by atoms with Crippen molar-refractivity contribution in [2.24, 2.45) is 0 Å². The fraction of sp³-hybridized carbons (Fsp3) is 0. The van der Waals surface area contributed by atoms with Gasteiger partial charge >= 0.3 is 0 Å². The Labute approximate surface area is 199 Å². The molecule has 3 aromatic carbocycles. The molecule has 1 aromatic heterocycles. The van der Waals surface area contributed by atoms with Crippen molar-refractivity contribution in [1.82, 2.24) is 20.6 Å². The maximum Gasteiger partial charge on any atom is 0.294 e. The summed E-state index contributed by atoms with van der Waals surface area (Å²) in [6, 6.07) is 18.8. The van der Waals surface area contributed by atoms with E-state index in [1.165, 1.54) is 41.2 Å². The summed E-state index contributed by atoms with van der Waals surface area (Å²) in [6.07, 6.45) is 1.25. The van der Waals surface area contributed by atoms with Crippen molar-refractivity contribution in [3.05, 3.63) is 102 Å². The van der Waals surface area contributed by atoms with Crippen LogP contribution in [0.15, 0.2) is 90.0 Å². The predicted octanol–water partition coefficient (Wildman–Crippen LogP) is 2.59. The molecule has 4 N–H and O–H groups in total. The van der Waals surface area contributed by atoms with Crippen molar-refractivity contribution in [2.75, 3.05) is 4.72 Å². The van der Waals surface area contributed by atoms with Crippen LogP contribution in [0.2, 0.25) is 0 Å². The number of aromatic hydroxyl groups is 1. The lowest BCUT2D eigenvalue weighted by Crippen LogP contribution is -2.41. The van der Waals surface area contributed by atoms with Gasteiger partial charge in [0.05, 0.1) is 22.5 Å². The number of carbonyl (C=O) groups excluding carboxylic acids is 2. The highest BCUT2D eigenvalue weighted by Crippen LogP contribution is 2.20. The van der Waals surface area contributed by atoms with Gasteiger partial charge < -0.3 is 5.11 Å². The Kier molecular flexibility index (Phi) is 6.46. The quantitative estimate of drug-likeness (QED) is 0.303. The van der Waals surface area contributed by atoms with Gasteiger partial charge in [-0.05, 0) is 48.5 Å². The number of hydrogen-bond donors (Lipinski definition) is 4. The van der Waals surface area contributed by atoms with Crippen LogP contribution in [0.25, 0.3) is 5.69 Å². The van der Waals surface area contributed by atoms with E-state index in [1.807, 2.05) is 0 Å². The number of benzene rings is 3. The number of hydrogen-bond acceptors (Lipinski definition) is 6. The molecular weight excluding hydrogens is 477 g/mol. The molecule has 178 valence electrons. The molecule has 0 unspecified atom stereocenters. The molecule has 4 aromatic rings. The number of nitrogens with zero attached hydrogens (tertiary/aromatic N) is 2. The summed E-state index contributed by atoms with van der Waals surface area (Å²) in [4.78, 5) is 24.5. The Hall–Kier alpha value is -4.71. The topological polar surface area (TPSA) is 142 Å². The number of aromatic nitrogens is 2. The van der Waals surface area contributed by atoms with Crippen LogP contribution in [0, 0.1) is 5.82 Å². The molecule has 2 amide bonds. The number of sulfonamides is 1. The first-order chi connectivity index (χ1) is 16.7. The largest absolute Gasteiger partial charge is 0.504 e. The Morgan fingerprint density at radius 2 is 1.49 bits per heavy atom. The third-order valence-corrected chi connectivity index (χ3v) is 6.15. The van der Waals surface area contributed by atoms with Gasteiger partial charge in [0.2, 0.25) is 0 Å². The first-order valence-corrected chi connectivity index (χ1v) is 11.5. The second kappa shape index (κ2) is 9.65. The number of rotatable bonds is 6. The molecule has 0 bridgehead atoms. The minimum absolute atomic E-state index is 0.0363. The summed E-state index contributed by atoms with van der Waals surface area (Å²) in [5.41, 5.74) is 4.43. The lowest BCUT2D eigenvalue weighted by Gasteiger charge is -2.10. The average molecular weight is 495 g/mol. The van der Waals surface area contributed by atoms with Gasteiger partial charge in [-0.1, -0.05) is 30.3 Å². The van der Waals surface area contributed by atoms with Crippen molar-refractivity contribution >= 4 is 27.5 Å². The Balaban J connectivity index is 1.40. The van der Waals surface area contributed by atoms with Crippen LogP contribution in [0.1, 0.15) is 20.8 Å². The maximum atomic E-state index is 13.8. The van der Waals surface area contributed by atoms with E-state index in [-0.39, 0.29) is 21.8 Å². The molecular formula is C23H18FN5O5S. The van der Waals surface area contributed by atoms with Crippen molar-refractivity contribution in [3.8, 4) is 11.4 Å². The summed E-state index contributed by atoms with van der Waals surface area (Å²) in [7, 11) is -4.10. The second-order valence-electron chi connectivity index (χ2n) is 7.16. The standard InChI is InChI=1S/C23H18FN5O5S/c24-18-8-4-5-9-19(18)28-35(33,34)17-12-10-15(11-13-17)22(31)25-26-23(32)21-20(30)14-29(27-21)16-6-2-1-3-7-16/h1-14,28,30H,(H,25,31)(H,26,32).